The molecule has 0 saturated heterocycles. The molecule has 2 heterocycles. The number of nitrogen functional groups attached to an aromatic ring is 1. The summed E-state index contributed by atoms with van der Waals surface area (Å²) in [5.74, 6) is 0.0374. The molecular weight excluding hydrogens is 299 g/mol. The number of thioether (sulfide) groups is 1. The number of nitrogens with zero attached hydrogens (tertiary/aromatic N) is 3. The molecule has 0 aliphatic heterocycles. The first-order chi connectivity index (χ1) is 9.63. The largest absolute Gasteiger partial charge is 0.399 e. The number of benzene rings is 1. The molecule has 0 atom stereocenters. The smallest absolute Gasteiger partial charge is 0.275 e. The quantitative estimate of drug-likeness (QED) is 0.593. The van der Waals surface area contributed by atoms with Gasteiger partial charge in [-0.2, -0.15) is 9.61 Å². The lowest BCUT2D eigenvalue weighted by Gasteiger charge is -2.03. The molecule has 2 aromatic heterocycles. The van der Waals surface area contributed by atoms with Crippen LogP contribution in [0, 0.1) is 5.82 Å². The van der Waals surface area contributed by atoms with Crippen LogP contribution in [0.4, 0.5) is 10.1 Å². The number of anilines is 1. The van der Waals surface area contributed by atoms with E-state index in [1.165, 1.54) is 39.7 Å². The van der Waals surface area contributed by atoms with Crippen molar-refractivity contribution in [1.29, 1.82) is 0 Å². The van der Waals surface area contributed by atoms with Gasteiger partial charge in [0.15, 0.2) is 0 Å². The third-order valence-corrected chi connectivity index (χ3v) is 4.33. The van der Waals surface area contributed by atoms with E-state index in [0.717, 1.165) is 0 Å². The lowest BCUT2D eigenvalue weighted by atomic mass is 10.3. The summed E-state index contributed by atoms with van der Waals surface area (Å²) >= 11 is 2.56. The molecule has 0 saturated carbocycles. The number of halogens is 1. The first-order valence-corrected chi connectivity index (χ1v) is 7.50. The van der Waals surface area contributed by atoms with Gasteiger partial charge in [-0.1, -0.05) is 11.3 Å². The Bertz CT molecular complexity index is 830. The van der Waals surface area contributed by atoms with E-state index in [0.29, 0.717) is 27.0 Å². The highest BCUT2D eigenvalue weighted by atomic mass is 32.2. The molecule has 102 valence electrons. The van der Waals surface area contributed by atoms with E-state index in [1.54, 1.807) is 17.6 Å². The number of fused-ring (bicyclic) bond motifs is 1. The molecule has 0 aliphatic rings. The molecule has 3 aromatic rings. The summed E-state index contributed by atoms with van der Waals surface area (Å²) in [5.41, 5.74) is 7.80. The molecule has 0 unspecified atom stereocenters. The van der Waals surface area contributed by atoms with E-state index in [4.69, 9.17) is 5.73 Å². The van der Waals surface area contributed by atoms with Crippen LogP contribution in [0.15, 0.2) is 39.5 Å². The van der Waals surface area contributed by atoms with Crippen LogP contribution in [0.3, 0.4) is 0 Å². The molecule has 0 fully saturated rings. The van der Waals surface area contributed by atoms with Gasteiger partial charge >= 0.3 is 0 Å². The molecule has 0 aliphatic carbocycles. The minimum atomic E-state index is -0.370. The first kappa shape index (κ1) is 13.1. The Balaban J connectivity index is 1.84. The van der Waals surface area contributed by atoms with Gasteiger partial charge in [-0.3, -0.25) is 4.79 Å². The second-order valence-electron chi connectivity index (χ2n) is 4.00. The number of hydrogen-bond acceptors (Lipinski definition) is 6. The van der Waals surface area contributed by atoms with Gasteiger partial charge in [0.25, 0.3) is 5.56 Å². The summed E-state index contributed by atoms with van der Waals surface area (Å²) in [6.45, 7) is 0. The van der Waals surface area contributed by atoms with Gasteiger partial charge in [0.1, 0.15) is 11.3 Å². The highest BCUT2D eigenvalue weighted by Gasteiger charge is 2.07. The average Bonchev–Trinajstić information content (AvgIpc) is 2.86. The van der Waals surface area contributed by atoms with Crippen molar-refractivity contribution in [3.8, 4) is 0 Å². The standard InChI is InChI=1S/C12H9FN4OS2/c13-9-3-7(14)1-2-10(9)19-5-8-4-11(18)17-12(16-8)20-6-15-17/h1-4,6H,5,14H2. The van der Waals surface area contributed by atoms with Crippen LogP contribution in [0.2, 0.25) is 0 Å². The normalized spacial score (nSPS) is 11.1. The summed E-state index contributed by atoms with van der Waals surface area (Å²) in [6.07, 6.45) is 0. The molecule has 5 nitrogen and oxygen atoms in total. The maximum atomic E-state index is 13.6. The zero-order chi connectivity index (χ0) is 14.1. The van der Waals surface area contributed by atoms with Gasteiger partial charge in [0.05, 0.1) is 5.69 Å². The highest BCUT2D eigenvalue weighted by molar-refractivity contribution is 7.98. The Morgan fingerprint density at radius 3 is 3.05 bits per heavy atom. The number of nitrogens with two attached hydrogens (primary N) is 1. The van der Waals surface area contributed by atoms with E-state index in [2.05, 4.69) is 10.1 Å². The number of hydrogen-bond donors (Lipinski definition) is 1. The molecular formula is C12H9FN4OS2. The van der Waals surface area contributed by atoms with E-state index >= 15 is 0 Å². The molecule has 1 aromatic carbocycles. The fourth-order valence-electron chi connectivity index (χ4n) is 1.66. The zero-order valence-electron chi connectivity index (χ0n) is 10.1. The Morgan fingerprint density at radius 1 is 1.40 bits per heavy atom. The van der Waals surface area contributed by atoms with Gasteiger partial charge < -0.3 is 5.73 Å². The summed E-state index contributed by atoms with van der Waals surface area (Å²) in [4.78, 5) is 17.1. The van der Waals surface area contributed by atoms with Crippen molar-refractivity contribution in [3.63, 3.8) is 0 Å². The lowest BCUT2D eigenvalue weighted by Crippen LogP contribution is -2.14. The Hall–Kier alpha value is -1.93. The Kier molecular flexibility index (Phi) is 3.41. The number of aromatic nitrogens is 3. The molecule has 2 N–H and O–H groups in total. The minimum absolute atomic E-state index is 0.232. The lowest BCUT2D eigenvalue weighted by molar-refractivity contribution is 0.602. The van der Waals surface area contributed by atoms with E-state index in [9.17, 15) is 9.18 Å². The fourth-order valence-corrected chi connectivity index (χ4v) is 3.12. The van der Waals surface area contributed by atoms with Crippen molar-refractivity contribution < 1.29 is 4.39 Å². The van der Waals surface area contributed by atoms with Gasteiger partial charge in [-0.05, 0) is 18.2 Å². The van der Waals surface area contributed by atoms with Crippen LogP contribution in [-0.4, -0.2) is 14.6 Å². The van der Waals surface area contributed by atoms with Gasteiger partial charge in [-0.25, -0.2) is 9.37 Å². The van der Waals surface area contributed by atoms with Crippen LogP contribution in [0.5, 0.6) is 0 Å². The van der Waals surface area contributed by atoms with Crippen molar-refractivity contribution in [3.05, 3.63) is 51.6 Å². The predicted molar refractivity (Wildman–Crippen MR) is 77.5 cm³/mol. The van der Waals surface area contributed by atoms with Crippen molar-refractivity contribution in [1.82, 2.24) is 14.6 Å². The van der Waals surface area contributed by atoms with Crippen LogP contribution in [0.25, 0.3) is 4.96 Å². The Morgan fingerprint density at radius 2 is 2.25 bits per heavy atom. The van der Waals surface area contributed by atoms with Gasteiger partial charge in [0, 0.05) is 22.4 Å². The van der Waals surface area contributed by atoms with Crippen molar-refractivity contribution in [2.75, 3.05) is 5.73 Å². The first-order valence-electron chi connectivity index (χ1n) is 5.64. The van der Waals surface area contributed by atoms with Crippen LogP contribution in [-0.2, 0) is 5.75 Å². The van der Waals surface area contributed by atoms with Crippen molar-refractivity contribution >= 4 is 33.7 Å². The second-order valence-corrected chi connectivity index (χ2v) is 5.83. The second kappa shape index (κ2) is 5.22. The van der Waals surface area contributed by atoms with E-state index in [-0.39, 0.29) is 11.4 Å². The van der Waals surface area contributed by atoms with Gasteiger partial charge in [0.2, 0.25) is 4.96 Å². The third kappa shape index (κ3) is 2.52. The fraction of sp³-hybridized carbons (Fsp3) is 0.0833. The third-order valence-electron chi connectivity index (χ3n) is 2.57. The monoisotopic (exact) mass is 308 g/mol. The molecule has 0 spiro atoms. The maximum Gasteiger partial charge on any atom is 0.275 e. The average molecular weight is 308 g/mol. The molecule has 3 rings (SSSR count). The predicted octanol–water partition coefficient (Wildman–Crippen LogP) is 2.16. The van der Waals surface area contributed by atoms with Crippen molar-refractivity contribution in [2.24, 2.45) is 0 Å². The SMILES string of the molecule is Nc1ccc(SCc2cc(=O)n3ncsc3n2)c(F)c1. The Labute approximate surface area is 121 Å². The van der Waals surface area contributed by atoms with E-state index < -0.39 is 0 Å². The summed E-state index contributed by atoms with van der Waals surface area (Å²) in [6, 6.07) is 5.94. The molecule has 0 radical (unpaired) electrons. The number of rotatable bonds is 3. The maximum absolute atomic E-state index is 13.6. The minimum Gasteiger partial charge on any atom is -0.399 e. The van der Waals surface area contributed by atoms with Crippen LogP contribution in [0.1, 0.15) is 5.69 Å². The molecule has 20 heavy (non-hydrogen) atoms. The topological polar surface area (TPSA) is 73.3 Å². The molecule has 8 heteroatoms. The van der Waals surface area contributed by atoms with Crippen molar-refractivity contribution in [2.45, 2.75) is 10.6 Å². The molecule has 0 amide bonds. The summed E-state index contributed by atoms with van der Waals surface area (Å²) < 4.78 is 14.9. The highest BCUT2D eigenvalue weighted by Crippen LogP contribution is 2.26. The van der Waals surface area contributed by atoms with E-state index in [1.807, 2.05) is 0 Å². The summed E-state index contributed by atoms with van der Waals surface area (Å²) in [7, 11) is 0. The van der Waals surface area contributed by atoms with Crippen LogP contribution < -0.4 is 11.3 Å². The van der Waals surface area contributed by atoms with Gasteiger partial charge in [-0.15, -0.1) is 11.8 Å². The summed E-state index contributed by atoms with van der Waals surface area (Å²) in [5, 5.41) is 3.88. The van der Waals surface area contributed by atoms with Crippen LogP contribution >= 0.6 is 23.1 Å². The molecule has 0 bridgehead atoms. The zero-order valence-corrected chi connectivity index (χ0v) is 11.7.